The van der Waals surface area contributed by atoms with Crippen molar-refractivity contribution in [3.8, 4) is 0 Å². The standard InChI is InChI=1S/C14H23N/c1-10(2)13-9-12(14(4,5)6)11(3)7-8-15-13/h8-10H,7H2,1-6H3. The molecule has 0 saturated carbocycles. The van der Waals surface area contributed by atoms with Crippen LogP contribution in [0.4, 0.5) is 0 Å². The Morgan fingerprint density at radius 1 is 1.27 bits per heavy atom. The van der Waals surface area contributed by atoms with E-state index in [9.17, 15) is 0 Å². The summed E-state index contributed by atoms with van der Waals surface area (Å²) < 4.78 is 0. The molecular weight excluding hydrogens is 182 g/mol. The van der Waals surface area contributed by atoms with Crippen LogP contribution in [0, 0.1) is 11.3 Å². The third kappa shape index (κ3) is 3.05. The zero-order valence-electron chi connectivity index (χ0n) is 10.9. The molecule has 15 heavy (non-hydrogen) atoms. The molecule has 0 aromatic rings. The van der Waals surface area contributed by atoms with E-state index in [0.29, 0.717) is 5.92 Å². The van der Waals surface area contributed by atoms with Gasteiger partial charge in [0.15, 0.2) is 0 Å². The minimum absolute atomic E-state index is 0.220. The van der Waals surface area contributed by atoms with E-state index >= 15 is 0 Å². The van der Waals surface area contributed by atoms with Crippen molar-refractivity contribution in [2.45, 2.75) is 48.0 Å². The van der Waals surface area contributed by atoms with Gasteiger partial charge in [0, 0.05) is 18.3 Å². The van der Waals surface area contributed by atoms with Crippen molar-refractivity contribution < 1.29 is 0 Å². The fraction of sp³-hybridized carbons (Fsp3) is 0.643. The molecule has 0 fully saturated rings. The third-order valence-electron chi connectivity index (χ3n) is 2.79. The molecule has 0 N–H and O–H groups in total. The van der Waals surface area contributed by atoms with Crippen molar-refractivity contribution in [3.05, 3.63) is 22.9 Å². The van der Waals surface area contributed by atoms with Crippen LogP contribution in [0.5, 0.6) is 0 Å². The first-order chi connectivity index (χ1) is 6.82. The number of nitrogens with zero attached hydrogens (tertiary/aromatic N) is 1. The van der Waals surface area contributed by atoms with Crippen molar-refractivity contribution in [1.29, 1.82) is 0 Å². The highest BCUT2D eigenvalue weighted by molar-refractivity contribution is 5.65. The average Bonchev–Trinajstić information content (AvgIpc) is 2.25. The normalized spacial score (nSPS) is 18.2. The summed E-state index contributed by atoms with van der Waals surface area (Å²) in [6, 6.07) is 0. The van der Waals surface area contributed by atoms with Crippen LogP contribution in [-0.4, -0.2) is 6.21 Å². The Bertz CT molecular complexity index is 322. The fourth-order valence-corrected chi connectivity index (χ4v) is 1.88. The van der Waals surface area contributed by atoms with E-state index in [2.05, 4.69) is 52.6 Å². The Hall–Kier alpha value is -0.850. The SMILES string of the molecule is CC1=C(C(C)(C)C)C=C(C(C)C)N=CC1. The van der Waals surface area contributed by atoms with Gasteiger partial charge in [0.1, 0.15) is 0 Å². The van der Waals surface area contributed by atoms with Gasteiger partial charge in [-0.3, -0.25) is 4.99 Å². The molecule has 84 valence electrons. The van der Waals surface area contributed by atoms with Crippen molar-refractivity contribution >= 4 is 6.21 Å². The highest BCUT2D eigenvalue weighted by Gasteiger charge is 2.19. The molecule has 1 aliphatic heterocycles. The summed E-state index contributed by atoms with van der Waals surface area (Å²) in [5, 5.41) is 0. The van der Waals surface area contributed by atoms with Gasteiger partial charge < -0.3 is 0 Å². The first-order valence-corrected chi connectivity index (χ1v) is 5.76. The summed E-state index contributed by atoms with van der Waals surface area (Å²) in [5.74, 6) is 0.504. The van der Waals surface area contributed by atoms with E-state index < -0.39 is 0 Å². The quantitative estimate of drug-likeness (QED) is 0.603. The molecule has 0 atom stereocenters. The molecule has 0 unspecified atom stereocenters. The largest absolute Gasteiger partial charge is 0.265 e. The highest BCUT2D eigenvalue weighted by atomic mass is 14.7. The van der Waals surface area contributed by atoms with E-state index in [-0.39, 0.29) is 5.41 Å². The van der Waals surface area contributed by atoms with E-state index in [1.54, 1.807) is 0 Å². The van der Waals surface area contributed by atoms with Crippen LogP contribution >= 0.6 is 0 Å². The van der Waals surface area contributed by atoms with Gasteiger partial charge in [0.2, 0.25) is 0 Å². The van der Waals surface area contributed by atoms with E-state index in [0.717, 1.165) is 6.42 Å². The van der Waals surface area contributed by atoms with Gasteiger partial charge in [-0.15, -0.1) is 0 Å². The number of aliphatic imine (C=N–C) groups is 1. The Balaban J connectivity index is 3.17. The van der Waals surface area contributed by atoms with Crippen molar-refractivity contribution in [2.75, 3.05) is 0 Å². The molecule has 0 aliphatic carbocycles. The van der Waals surface area contributed by atoms with Crippen molar-refractivity contribution in [1.82, 2.24) is 0 Å². The lowest BCUT2D eigenvalue weighted by Crippen LogP contribution is -2.10. The predicted molar refractivity (Wildman–Crippen MR) is 68.2 cm³/mol. The number of hydrogen-bond donors (Lipinski definition) is 0. The second-order valence-electron chi connectivity index (χ2n) is 5.68. The van der Waals surface area contributed by atoms with Crippen LogP contribution in [0.25, 0.3) is 0 Å². The van der Waals surface area contributed by atoms with Crippen LogP contribution in [0.2, 0.25) is 0 Å². The Morgan fingerprint density at radius 2 is 1.87 bits per heavy atom. The lowest BCUT2D eigenvalue weighted by Gasteiger charge is -2.23. The van der Waals surface area contributed by atoms with Crippen LogP contribution in [0.1, 0.15) is 48.0 Å². The Morgan fingerprint density at radius 3 is 2.33 bits per heavy atom. The molecular formula is C14H23N. The summed E-state index contributed by atoms with van der Waals surface area (Å²) in [6.45, 7) is 13.4. The maximum atomic E-state index is 4.53. The monoisotopic (exact) mass is 205 g/mol. The highest BCUT2D eigenvalue weighted by Crippen LogP contribution is 2.33. The predicted octanol–water partition coefficient (Wildman–Crippen LogP) is 4.36. The molecule has 1 nitrogen and oxygen atoms in total. The zero-order valence-corrected chi connectivity index (χ0v) is 10.9. The summed E-state index contributed by atoms with van der Waals surface area (Å²) in [5.41, 5.74) is 4.32. The minimum atomic E-state index is 0.220. The second kappa shape index (κ2) is 4.34. The molecule has 0 saturated heterocycles. The maximum Gasteiger partial charge on any atom is 0.0428 e. The zero-order chi connectivity index (χ0) is 11.6. The average molecular weight is 205 g/mol. The van der Waals surface area contributed by atoms with E-state index in [1.807, 2.05) is 6.21 Å². The van der Waals surface area contributed by atoms with Crippen LogP contribution < -0.4 is 0 Å². The molecule has 0 radical (unpaired) electrons. The molecule has 0 bridgehead atoms. The van der Waals surface area contributed by atoms with E-state index in [1.165, 1.54) is 16.8 Å². The van der Waals surface area contributed by atoms with Gasteiger partial charge in [0.25, 0.3) is 0 Å². The Kier molecular flexibility index (Phi) is 3.54. The lowest BCUT2D eigenvalue weighted by molar-refractivity contribution is 0.509. The topological polar surface area (TPSA) is 12.4 Å². The van der Waals surface area contributed by atoms with E-state index in [4.69, 9.17) is 0 Å². The van der Waals surface area contributed by atoms with Crippen LogP contribution in [0.3, 0.4) is 0 Å². The summed E-state index contributed by atoms with van der Waals surface area (Å²) >= 11 is 0. The number of rotatable bonds is 1. The second-order valence-corrected chi connectivity index (χ2v) is 5.68. The smallest absolute Gasteiger partial charge is 0.0428 e. The van der Waals surface area contributed by atoms with Gasteiger partial charge >= 0.3 is 0 Å². The molecule has 0 aromatic heterocycles. The van der Waals surface area contributed by atoms with Crippen molar-refractivity contribution in [3.63, 3.8) is 0 Å². The Labute approximate surface area is 94.0 Å². The van der Waals surface area contributed by atoms with Gasteiger partial charge in [0.05, 0.1) is 0 Å². The molecule has 0 aromatic carbocycles. The van der Waals surface area contributed by atoms with Crippen molar-refractivity contribution in [2.24, 2.45) is 16.3 Å². The molecule has 0 amide bonds. The molecule has 1 heteroatoms. The summed E-state index contributed by atoms with van der Waals surface area (Å²) in [6.07, 6.45) is 5.31. The van der Waals surface area contributed by atoms with Gasteiger partial charge in [-0.25, -0.2) is 0 Å². The molecule has 0 spiro atoms. The first kappa shape index (κ1) is 12.2. The lowest BCUT2D eigenvalue weighted by atomic mass is 9.82. The first-order valence-electron chi connectivity index (χ1n) is 5.76. The number of allylic oxidation sites excluding steroid dienone is 4. The van der Waals surface area contributed by atoms with Crippen LogP contribution in [0.15, 0.2) is 27.9 Å². The number of hydrogen-bond acceptors (Lipinski definition) is 1. The summed E-state index contributed by atoms with van der Waals surface area (Å²) in [7, 11) is 0. The molecule has 1 aliphatic rings. The molecule has 1 rings (SSSR count). The third-order valence-corrected chi connectivity index (χ3v) is 2.79. The van der Waals surface area contributed by atoms with Crippen LogP contribution in [-0.2, 0) is 0 Å². The summed E-state index contributed by atoms with van der Waals surface area (Å²) in [4.78, 5) is 4.53. The van der Waals surface area contributed by atoms with Gasteiger partial charge in [-0.2, -0.15) is 0 Å². The van der Waals surface area contributed by atoms with Gasteiger partial charge in [-0.1, -0.05) is 40.2 Å². The van der Waals surface area contributed by atoms with Gasteiger partial charge in [-0.05, 0) is 29.9 Å². The fourth-order valence-electron chi connectivity index (χ4n) is 1.88. The molecule has 1 heterocycles. The maximum absolute atomic E-state index is 4.53. The minimum Gasteiger partial charge on any atom is -0.265 e.